The quantitative estimate of drug-likeness (QED) is 0.815. The minimum Gasteiger partial charge on any atom is -0.485 e. The van der Waals surface area contributed by atoms with E-state index in [4.69, 9.17) is 4.74 Å². The van der Waals surface area contributed by atoms with E-state index < -0.39 is 12.4 Å². The van der Waals surface area contributed by atoms with Gasteiger partial charge in [-0.2, -0.15) is 8.78 Å². The van der Waals surface area contributed by atoms with E-state index in [1.807, 2.05) is 30.3 Å². The summed E-state index contributed by atoms with van der Waals surface area (Å²) in [6.45, 7) is -2.84. The Morgan fingerprint density at radius 1 is 0.947 bits per heavy atom. The molecule has 2 rings (SSSR count). The van der Waals surface area contributed by atoms with Crippen LogP contribution >= 0.6 is 0 Å². The van der Waals surface area contributed by atoms with E-state index in [-0.39, 0.29) is 18.1 Å². The molecule has 0 fully saturated rings. The fraction of sp³-hybridized carbons (Fsp3) is 0.143. The average Bonchev–Trinajstić information content (AvgIpc) is 2.40. The summed E-state index contributed by atoms with van der Waals surface area (Å²) in [6.07, 6.45) is 0. The maximum atomic E-state index is 13.1. The molecule has 2 aromatic carbocycles. The van der Waals surface area contributed by atoms with E-state index >= 15 is 0 Å². The maximum absolute atomic E-state index is 13.1. The molecule has 0 atom stereocenters. The number of benzene rings is 2. The molecular formula is C14H11F3O2. The number of alkyl halides is 2. The van der Waals surface area contributed by atoms with Gasteiger partial charge in [-0.25, -0.2) is 4.39 Å². The molecule has 0 N–H and O–H groups in total. The van der Waals surface area contributed by atoms with Crippen LogP contribution in [-0.2, 0) is 6.61 Å². The van der Waals surface area contributed by atoms with Crippen molar-refractivity contribution in [2.24, 2.45) is 0 Å². The van der Waals surface area contributed by atoms with Crippen LogP contribution in [0.5, 0.6) is 11.5 Å². The Balaban J connectivity index is 2.12. The van der Waals surface area contributed by atoms with Crippen LogP contribution in [0.1, 0.15) is 5.56 Å². The number of halogens is 3. The summed E-state index contributed by atoms with van der Waals surface area (Å²) in [5, 5.41) is 0. The van der Waals surface area contributed by atoms with Crippen molar-refractivity contribution in [3.05, 3.63) is 59.9 Å². The summed E-state index contributed by atoms with van der Waals surface area (Å²) < 4.78 is 47.0. The van der Waals surface area contributed by atoms with E-state index in [0.29, 0.717) is 0 Å². The highest BCUT2D eigenvalue weighted by Gasteiger charge is 2.12. The molecule has 0 radical (unpaired) electrons. The zero-order valence-electron chi connectivity index (χ0n) is 9.85. The summed E-state index contributed by atoms with van der Waals surface area (Å²) in [4.78, 5) is 0. The SMILES string of the molecule is Fc1ccc(OC(F)F)c(OCc2ccccc2)c1. The van der Waals surface area contributed by atoms with Crippen LogP contribution in [0.4, 0.5) is 13.2 Å². The Kier molecular flexibility index (Phi) is 4.28. The van der Waals surface area contributed by atoms with Crippen LogP contribution in [-0.4, -0.2) is 6.61 Å². The topological polar surface area (TPSA) is 18.5 Å². The Bertz CT molecular complexity index is 529. The van der Waals surface area contributed by atoms with Crippen LogP contribution in [0.2, 0.25) is 0 Å². The van der Waals surface area contributed by atoms with Gasteiger partial charge >= 0.3 is 6.61 Å². The second-order valence-electron chi connectivity index (χ2n) is 3.74. The molecule has 0 aromatic heterocycles. The molecule has 0 amide bonds. The third-order valence-corrected chi connectivity index (χ3v) is 2.36. The molecule has 0 bridgehead atoms. The third kappa shape index (κ3) is 3.91. The predicted molar refractivity (Wildman–Crippen MR) is 63.8 cm³/mol. The predicted octanol–water partition coefficient (Wildman–Crippen LogP) is 4.01. The summed E-state index contributed by atoms with van der Waals surface area (Å²) in [5.74, 6) is -0.818. The highest BCUT2D eigenvalue weighted by atomic mass is 19.3. The van der Waals surface area contributed by atoms with Gasteiger partial charge in [0.2, 0.25) is 0 Å². The maximum Gasteiger partial charge on any atom is 0.387 e. The Hall–Kier alpha value is -2.17. The highest BCUT2D eigenvalue weighted by molar-refractivity contribution is 5.40. The second-order valence-corrected chi connectivity index (χ2v) is 3.74. The van der Waals surface area contributed by atoms with Gasteiger partial charge in [-0.1, -0.05) is 30.3 Å². The smallest absolute Gasteiger partial charge is 0.387 e. The molecule has 19 heavy (non-hydrogen) atoms. The van der Waals surface area contributed by atoms with E-state index in [2.05, 4.69) is 4.74 Å². The van der Waals surface area contributed by atoms with E-state index in [1.54, 1.807) is 0 Å². The van der Waals surface area contributed by atoms with Gasteiger partial charge in [0.25, 0.3) is 0 Å². The monoisotopic (exact) mass is 268 g/mol. The number of hydrogen-bond donors (Lipinski definition) is 0. The van der Waals surface area contributed by atoms with Crippen LogP contribution in [0.25, 0.3) is 0 Å². The Morgan fingerprint density at radius 3 is 2.37 bits per heavy atom. The lowest BCUT2D eigenvalue weighted by Crippen LogP contribution is -2.05. The summed E-state index contributed by atoms with van der Waals surface area (Å²) in [7, 11) is 0. The van der Waals surface area contributed by atoms with Crippen LogP contribution in [0.15, 0.2) is 48.5 Å². The van der Waals surface area contributed by atoms with Crippen molar-refractivity contribution in [1.82, 2.24) is 0 Å². The van der Waals surface area contributed by atoms with Crippen molar-refractivity contribution in [2.75, 3.05) is 0 Å². The van der Waals surface area contributed by atoms with Gasteiger partial charge in [0.05, 0.1) is 0 Å². The molecule has 0 aliphatic carbocycles. The lowest BCUT2D eigenvalue weighted by atomic mass is 10.2. The normalized spacial score (nSPS) is 10.5. The molecule has 0 aliphatic heterocycles. The van der Waals surface area contributed by atoms with Crippen molar-refractivity contribution in [3.63, 3.8) is 0 Å². The van der Waals surface area contributed by atoms with E-state index in [9.17, 15) is 13.2 Å². The molecule has 100 valence electrons. The van der Waals surface area contributed by atoms with Gasteiger partial charge in [-0.05, 0) is 17.7 Å². The molecular weight excluding hydrogens is 257 g/mol. The van der Waals surface area contributed by atoms with Gasteiger partial charge in [0, 0.05) is 6.07 Å². The molecule has 2 aromatic rings. The molecule has 0 aliphatic rings. The Labute approximate surface area is 108 Å². The summed E-state index contributed by atoms with van der Waals surface area (Å²) in [5.41, 5.74) is 0.842. The van der Waals surface area contributed by atoms with Crippen molar-refractivity contribution in [1.29, 1.82) is 0 Å². The molecule has 2 nitrogen and oxygen atoms in total. The van der Waals surface area contributed by atoms with Gasteiger partial charge in [0.15, 0.2) is 11.5 Å². The van der Waals surface area contributed by atoms with E-state index in [0.717, 1.165) is 23.8 Å². The van der Waals surface area contributed by atoms with Crippen molar-refractivity contribution < 1.29 is 22.6 Å². The summed E-state index contributed by atoms with van der Waals surface area (Å²) in [6, 6.07) is 12.3. The van der Waals surface area contributed by atoms with Crippen molar-refractivity contribution in [3.8, 4) is 11.5 Å². The Morgan fingerprint density at radius 2 is 1.68 bits per heavy atom. The first-order valence-electron chi connectivity index (χ1n) is 5.56. The van der Waals surface area contributed by atoms with Gasteiger partial charge in [-0.3, -0.25) is 0 Å². The van der Waals surface area contributed by atoms with Gasteiger partial charge < -0.3 is 9.47 Å². The molecule has 0 unspecified atom stereocenters. The molecule has 0 saturated heterocycles. The van der Waals surface area contributed by atoms with Gasteiger partial charge in [0.1, 0.15) is 12.4 Å². The van der Waals surface area contributed by atoms with Gasteiger partial charge in [-0.15, -0.1) is 0 Å². The van der Waals surface area contributed by atoms with Crippen LogP contribution in [0, 0.1) is 5.82 Å². The molecule has 0 spiro atoms. The van der Waals surface area contributed by atoms with Crippen LogP contribution in [0.3, 0.4) is 0 Å². The first kappa shape index (κ1) is 13.3. The first-order chi connectivity index (χ1) is 9.15. The highest BCUT2D eigenvalue weighted by Crippen LogP contribution is 2.30. The lowest BCUT2D eigenvalue weighted by molar-refractivity contribution is -0.0516. The fourth-order valence-electron chi connectivity index (χ4n) is 1.52. The number of rotatable bonds is 5. The zero-order chi connectivity index (χ0) is 13.7. The molecule has 0 heterocycles. The fourth-order valence-corrected chi connectivity index (χ4v) is 1.52. The lowest BCUT2D eigenvalue weighted by Gasteiger charge is -2.12. The first-order valence-corrected chi connectivity index (χ1v) is 5.56. The van der Waals surface area contributed by atoms with E-state index in [1.165, 1.54) is 0 Å². The average molecular weight is 268 g/mol. The summed E-state index contributed by atoms with van der Waals surface area (Å²) >= 11 is 0. The van der Waals surface area contributed by atoms with Crippen molar-refractivity contribution >= 4 is 0 Å². The largest absolute Gasteiger partial charge is 0.485 e. The second kappa shape index (κ2) is 6.13. The minimum absolute atomic E-state index is 0.0517. The minimum atomic E-state index is -2.98. The zero-order valence-corrected chi connectivity index (χ0v) is 9.85. The van der Waals surface area contributed by atoms with Crippen LogP contribution < -0.4 is 9.47 Å². The molecule has 0 saturated carbocycles. The molecule has 5 heteroatoms. The third-order valence-electron chi connectivity index (χ3n) is 2.36. The standard InChI is InChI=1S/C14H11F3O2/c15-11-6-7-12(19-14(16)17)13(8-11)18-9-10-4-2-1-3-5-10/h1-8,14H,9H2. The van der Waals surface area contributed by atoms with Crippen molar-refractivity contribution in [2.45, 2.75) is 13.2 Å². The number of ether oxygens (including phenoxy) is 2. The number of hydrogen-bond acceptors (Lipinski definition) is 2.